The molecular weight excluding hydrogens is 374 g/mol. The lowest BCUT2D eigenvalue weighted by molar-refractivity contribution is 0.0923. The number of aromatic nitrogens is 2. The van der Waals surface area contributed by atoms with Gasteiger partial charge in [-0.3, -0.25) is 9.78 Å². The number of nitrogens with one attached hydrogen (secondary N) is 2. The minimum atomic E-state index is -0.105. The molecule has 0 saturated heterocycles. The minimum Gasteiger partial charge on any atom is -0.384 e. The smallest absolute Gasteiger partial charge is 0.255 e. The molecule has 6 nitrogen and oxygen atoms in total. The molecule has 1 aliphatic rings. The minimum absolute atomic E-state index is 0.105. The lowest BCUT2D eigenvalue weighted by Crippen LogP contribution is -2.39. The normalized spacial score (nSPS) is 19.1. The van der Waals surface area contributed by atoms with E-state index in [-0.39, 0.29) is 11.9 Å². The van der Waals surface area contributed by atoms with Crippen LogP contribution >= 0.6 is 11.6 Å². The molecule has 2 N–H and O–H groups in total. The van der Waals surface area contributed by atoms with Crippen LogP contribution in [0, 0.1) is 12.8 Å². The van der Waals surface area contributed by atoms with E-state index in [1.165, 1.54) is 0 Å². The average molecular weight is 402 g/mol. The summed E-state index contributed by atoms with van der Waals surface area (Å²) in [5.41, 5.74) is 2.75. The predicted octanol–water partition coefficient (Wildman–Crippen LogP) is 3.91. The SMILES string of the molecule is Cc1cncc(NCC2CCC(NC(=O)c3cc(Cl)cnc3N(C)C)CC2)c1. The van der Waals surface area contributed by atoms with Crippen molar-refractivity contribution in [2.45, 2.75) is 38.6 Å². The van der Waals surface area contributed by atoms with Crippen LogP contribution in [-0.2, 0) is 0 Å². The molecule has 0 atom stereocenters. The molecule has 0 radical (unpaired) electrons. The fourth-order valence-electron chi connectivity index (χ4n) is 3.64. The molecule has 0 bridgehead atoms. The molecule has 1 amide bonds. The van der Waals surface area contributed by atoms with Crippen LogP contribution in [0.2, 0.25) is 5.02 Å². The Morgan fingerprint density at radius 3 is 2.61 bits per heavy atom. The van der Waals surface area contributed by atoms with Gasteiger partial charge >= 0.3 is 0 Å². The van der Waals surface area contributed by atoms with Crippen LogP contribution in [0.1, 0.15) is 41.6 Å². The van der Waals surface area contributed by atoms with Crippen LogP contribution in [0.4, 0.5) is 11.5 Å². The molecule has 3 rings (SSSR count). The summed E-state index contributed by atoms with van der Waals surface area (Å²) in [4.78, 5) is 23.1. The summed E-state index contributed by atoms with van der Waals surface area (Å²) in [6, 6.07) is 3.99. The maximum absolute atomic E-state index is 12.8. The quantitative estimate of drug-likeness (QED) is 0.768. The topological polar surface area (TPSA) is 70.1 Å². The van der Waals surface area contributed by atoms with Gasteiger partial charge in [0.05, 0.1) is 16.3 Å². The summed E-state index contributed by atoms with van der Waals surface area (Å²) in [5, 5.41) is 7.12. The van der Waals surface area contributed by atoms with Gasteiger partial charge in [-0.15, -0.1) is 0 Å². The Balaban J connectivity index is 1.50. The Bertz CT molecular complexity index is 818. The van der Waals surface area contributed by atoms with Crippen molar-refractivity contribution < 1.29 is 4.79 Å². The van der Waals surface area contributed by atoms with Crippen LogP contribution in [0.3, 0.4) is 0 Å². The highest BCUT2D eigenvalue weighted by atomic mass is 35.5. The van der Waals surface area contributed by atoms with Crippen molar-refractivity contribution in [3.63, 3.8) is 0 Å². The largest absolute Gasteiger partial charge is 0.384 e. The summed E-state index contributed by atoms with van der Waals surface area (Å²) in [6.07, 6.45) is 9.42. The number of hydrogen-bond acceptors (Lipinski definition) is 5. The van der Waals surface area contributed by atoms with Crippen molar-refractivity contribution in [3.05, 3.63) is 46.9 Å². The summed E-state index contributed by atoms with van der Waals surface area (Å²) in [7, 11) is 3.74. The standard InChI is InChI=1S/C21H28ClN5O/c1-14-8-18(13-23-10-14)24-11-15-4-6-17(7-5-15)26-21(28)19-9-16(22)12-25-20(19)27(2)3/h8-10,12-13,15,17,24H,4-7,11H2,1-3H3,(H,26,28). The third-order valence-electron chi connectivity index (χ3n) is 5.15. The number of aryl methyl sites for hydroxylation is 1. The van der Waals surface area contributed by atoms with Gasteiger partial charge in [0.25, 0.3) is 5.91 Å². The first-order valence-corrected chi connectivity index (χ1v) is 10.1. The number of anilines is 2. The number of amides is 1. The van der Waals surface area contributed by atoms with Gasteiger partial charge in [-0.25, -0.2) is 4.98 Å². The highest BCUT2D eigenvalue weighted by molar-refractivity contribution is 6.31. The lowest BCUT2D eigenvalue weighted by Gasteiger charge is -2.29. The molecule has 2 aromatic heterocycles. The fourth-order valence-corrected chi connectivity index (χ4v) is 3.80. The van der Waals surface area contributed by atoms with E-state index in [1.54, 1.807) is 12.3 Å². The molecule has 2 aromatic rings. The number of pyridine rings is 2. The van der Waals surface area contributed by atoms with E-state index < -0.39 is 0 Å². The van der Waals surface area contributed by atoms with E-state index in [0.717, 1.165) is 43.5 Å². The maximum atomic E-state index is 12.8. The van der Waals surface area contributed by atoms with Crippen molar-refractivity contribution in [2.75, 3.05) is 30.9 Å². The first-order valence-electron chi connectivity index (χ1n) is 9.71. The second kappa shape index (κ2) is 9.24. The number of halogens is 1. The van der Waals surface area contributed by atoms with Crippen molar-refractivity contribution >= 4 is 29.0 Å². The molecule has 150 valence electrons. The van der Waals surface area contributed by atoms with Gasteiger partial charge in [-0.2, -0.15) is 0 Å². The molecular formula is C21H28ClN5O. The third kappa shape index (κ3) is 5.35. The number of hydrogen-bond donors (Lipinski definition) is 2. The van der Waals surface area contributed by atoms with E-state index in [0.29, 0.717) is 22.3 Å². The first-order chi connectivity index (χ1) is 13.4. The maximum Gasteiger partial charge on any atom is 0.255 e. The predicted molar refractivity (Wildman–Crippen MR) is 114 cm³/mol. The van der Waals surface area contributed by atoms with Crippen LogP contribution in [0.15, 0.2) is 30.7 Å². The second-order valence-corrected chi connectivity index (χ2v) is 8.18. The molecule has 0 spiro atoms. The van der Waals surface area contributed by atoms with E-state index in [4.69, 9.17) is 11.6 Å². The van der Waals surface area contributed by atoms with Crippen LogP contribution in [0.25, 0.3) is 0 Å². The summed E-state index contributed by atoms with van der Waals surface area (Å²) in [6.45, 7) is 2.98. The zero-order valence-corrected chi connectivity index (χ0v) is 17.5. The van der Waals surface area contributed by atoms with Gasteiger partial charge < -0.3 is 15.5 Å². The van der Waals surface area contributed by atoms with Crippen LogP contribution < -0.4 is 15.5 Å². The monoisotopic (exact) mass is 401 g/mol. The van der Waals surface area contributed by atoms with Gasteiger partial charge in [0.15, 0.2) is 0 Å². The molecule has 1 aliphatic carbocycles. The highest BCUT2D eigenvalue weighted by Crippen LogP contribution is 2.26. The molecule has 28 heavy (non-hydrogen) atoms. The van der Waals surface area contributed by atoms with E-state index in [2.05, 4.69) is 26.7 Å². The van der Waals surface area contributed by atoms with E-state index >= 15 is 0 Å². The van der Waals surface area contributed by atoms with Gasteiger partial charge in [0, 0.05) is 45.3 Å². The Kier molecular flexibility index (Phi) is 6.73. The van der Waals surface area contributed by atoms with Crippen molar-refractivity contribution in [1.29, 1.82) is 0 Å². The number of carbonyl (C=O) groups is 1. The Labute approximate surface area is 171 Å². The molecule has 0 unspecified atom stereocenters. The van der Waals surface area contributed by atoms with Crippen LogP contribution in [0.5, 0.6) is 0 Å². The fraction of sp³-hybridized carbons (Fsp3) is 0.476. The van der Waals surface area contributed by atoms with Crippen molar-refractivity contribution in [3.8, 4) is 0 Å². The van der Waals surface area contributed by atoms with E-state index in [9.17, 15) is 4.79 Å². The zero-order valence-electron chi connectivity index (χ0n) is 16.7. The molecule has 2 heterocycles. The number of rotatable bonds is 6. The van der Waals surface area contributed by atoms with Crippen molar-refractivity contribution in [1.82, 2.24) is 15.3 Å². The summed E-state index contributed by atoms with van der Waals surface area (Å²) >= 11 is 6.05. The molecule has 0 aromatic carbocycles. The average Bonchev–Trinajstić information content (AvgIpc) is 2.67. The molecule has 0 aliphatic heterocycles. The highest BCUT2D eigenvalue weighted by Gasteiger charge is 2.24. The van der Waals surface area contributed by atoms with Gasteiger partial charge in [-0.05, 0) is 56.2 Å². The molecule has 1 fully saturated rings. The van der Waals surface area contributed by atoms with Crippen LogP contribution in [-0.4, -0.2) is 42.6 Å². The second-order valence-electron chi connectivity index (χ2n) is 7.74. The summed E-state index contributed by atoms with van der Waals surface area (Å²) < 4.78 is 0. The van der Waals surface area contributed by atoms with Gasteiger partial charge in [0.1, 0.15) is 5.82 Å². The zero-order chi connectivity index (χ0) is 20.1. The van der Waals surface area contributed by atoms with Gasteiger partial charge in [-0.1, -0.05) is 11.6 Å². The molecule has 1 saturated carbocycles. The van der Waals surface area contributed by atoms with E-state index in [1.807, 2.05) is 38.3 Å². The Morgan fingerprint density at radius 2 is 1.93 bits per heavy atom. The van der Waals surface area contributed by atoms with Gasteiger partial charge in [0.2, 0.25) is 0 Å². The lowest BCUT2D eigenvalue weighted by atomic mass is 9.86. The number of nitrogens with zero attached hydrogens (tertiary/aromatic N) is 3. The summed E-state index contributed by atoms with van der Waals surface area (Å²) in [5.74, 6) is 1.14. The number of carbonyl (C=O) groups excluding carboxylic acids is 1. The third-order valence-corrected chi connectivity index (χ3v) is 5.36. The molecule has 7 heteroatoms. The Hall–Kier alpha value is -2.34. The first kappa shape index (κ1) is 20.4. The van der Waals surface area contributed by atoms with Crippen molar-refractivity contribution in [2.24, 2.45) is 5.92 Å². The Morgan fingerprint density at radius 1 is 1.18 bits per heavy atom.